The topological polar surface area (TPSA) is 190 Å². The number of carbonyl (C=O) groups is 6. The van der Waals surface area contributed by atoms with E-state index < -0.39 is 59.5 Å². The van der Waals surface area contributed by atoms with Gasteiger partial charge in [0.05, 0.1) is 31.0 Å². The van der Waals surface area contributed by atoms with E-state index in [4.69, 9.17) is 28.4 Å². The van der Waals surface area contributed by atoms with Gasteiger partial charge in [-0.1, -0.05) is 12.1 Å². The molecule has 0 unspecified atom stereocenters. The molecule has 0 saturated carbocycles. The van der Waals surface area contributed by atoms with Gasteiger partial charge < -0.3 is 38.8 Å². The van der Waals surface area contributed by atoms with Crippen LogP contribution in [0, 0.1) is 5.82 Å². The molecule has 0 saturated heterocycles. The summed E-state index contributed by atoms with van der Waals surface area (Å²) in [6.45, 7) is 2.27. The number of nitrogens with one attached hydrogen (secondary N) is 1. The number of hydrogen-bond acceptors (Lipinski definition) is 12. The summed E-state index contributed by atoms with van der Waals surface area (Å²) in [5.41, 5.74) is -0.968. The first kappa shape index (κ1) is 33.5. The fourth-order valence-corrected chi connectivity index (χ4v) is 3.70. The number of carboxylic acids is 1. The number of ether oxygens (including phenoxy) is 6. The number of benzene rings is 3. The molecule has 0 fully saturated rings. The first-order valence-corrected chi connectivity index (χ1v) is 12.8. The number of rotatable bonds is 12. The van der Waals surface area contributed by atoms with E-state index in [1.165, 1.54) is 38.5 Å². The van der Waals surface area contributed by atoms with Crippen LogP contribution in [0.2, 0.25) is 0 Å². The molecule has 0 aliphatic heterocycles. The van der Waals surface area contributed by atoms with Crippen LogP contribution in [-0.4, -0.2) is 67.3 Å². The Hall–Kier alpha value is -5.99. The molecule has 0 radical (unpaired) electrons. The van der Waals surface area contributed by atoms with Gasteiger partial charge in [0.15, 0.2) is 23.0 Å². The number of esters is 4. The van der Waals surface area contributed by atoms with Gasteiger partial charge in [-0.2, -0.15) is 0 Å². The molecule has 0 spiro atoms. The second-order valence-corrected chi connectivity index (χ2v) is 8.88. The summed E-state index contributed by atoms with van der Waals surface area (Å²) in [5, 5.41) is 12.1. The monoisotopic (exact) mass is 627 g/mol. The van der Waals surface area contributed by atoms with Crippen LogP contribution in [0.25, 0.3) is 0 Å². The van der Waals surface area contributed by atoms with Crippen LogP contribution >= 0.6 is 0 Å². The van der Waals surface area contributed by atoms with Crippen LogP contribution in [0.5, 0.6) is 23.0 Å². The van der Waals surface area contributed by atoms with E-state index >= 15 is 0 Å². The quantitative estimate of drug-likeness (QED) is 0.220. The molecule has 236 valence electrons. The molecule has 0 aliphatic rings. The predicted octanol–water partition coefficient (Wildman–Crippen LogP) is 3.17. The lowest BCUT2D eigenvalue weighted by molar-refractivity contribution is -0.157. The smallest absolute Gasteiger partial charge is 0.349 e. The van der Waals surface area contributed by atoms with E-state index in [0.717, 1.165) is 50.2 Å². The van der Waals surface area contributed by atoms with Crippen LogP contribution in [0.1, 0.15) is 34.6 Å². The van der Waals surface area contributed by atoms with Gasteiger partial charge >= 0.3 is 29.8 Å². The SMILES string of the molecule is COc1cc(C(=O)O[C@H](C(=O)O)[C@H](OC(=O)c2ccc(OC(C)=O)c(OC)c2)C(=O)Nc2ccccc2F)ccc1OC(C)=O. The Morgan fingerprint density at radius 2 is 1.16 bits per heavy atom. The van der Waals surface area contributed by atoms with Gasteiger partial charge in [-0.3, -0.25) is 14.4 Å². The molecule has 2 N–H and O–H groups in total. The minimum Gasteiger partial charge on any atom is -0.493 e. The van der Waals surface area contributed by atoms with Crippen LogP contribution in [-0.2, 0) is 28.7 Å². The lowest BCUT2D eigenvalue weighted by atomic mass is 10.1. The highest BCUT2D eigenvalue weighted by atomic mass is 19.1. The van der Waals surface area contributed by atoms with Crippen molar-refractivity contribution in [3.8, 4) is 23.0 Å². The van der Waals surface area contributed by atoms with E-state index in [9.17, 15) is 38.3 Å². The molecule has 14 nitrogen and oxygen atoms in total. The van der Waals surface area contributed by atoms with Crippen molar-refractivity contribution in [2.45, 2.75) is 26.1 Å². The minimum absolute atomic E-state index is 0.0529. The van der Waals surface area contributed by atoms with Crippen molar-refractivity contribution in [1.29, 1.82) is 0 Å². The third kappa shape index (κ3) is 8.76. The maximum Gasteiger partial charge on any atom is 0.349 e. The number of amides is 1. The van der Waals surface area contributed by atoms with Gasteiger partial charge in [-0.05, 0) is 48.5 Å². The molecule has 2 atom stereocenters. The van der Waals surface area contributed by atoms with Gasteiger partial charge in [0, 0.05) is 13.8 Å². The van der Waals surface area contributed by atoms with E-state index in [2.05, 4.69) is 5.32 Å². The van der Waals surface area contributed by atoms with Gasteiger partial charge in [0.25, 0.3) is 5.91 Å². The zero-order valence-electron chi connectivity index (χ0n) is 24.2. The number of aliphatic carboxylic acids is 1. The zero-order valence-corrected chi connectivity index (χ0v) is 24.2. The summed E-state index contributed by atoms with van der Waals surface area (Å²) in [6, 6.07) is 11.7. The second kappa shape index (κ2) is 15.0. The van der Waals surface area contributed by atoms with E-state index in [-0.39, 0.29) is 34.1 Å². The molecular weight excluding hydrogens is 601 g/mol. The zero-order chi connectivity index (χ0) is 33.3. The fraction of sp³-hybridized carbons (Fsp3) is 0.200. The van der Waals surface area contributed by atoms with Gasteiger partial charge in [-0.15, -0.1) is 0 Å². The van der Waals surface area contributed by atoms with Crippen LogP contribution < -0.4 is 24.3 Å². The van der Waals surface area contributed by atoms with Crippen molar-refractivity contribution in [1.82, 2.24) is 0 Å². The molecule has 45 heavy (non-hydrogen) atoms. The molecule has 0 aliphatic carbocycles. The Balaban J connectivity index is 1.98. The van der Waals surface area contributed by atoms with Gasteiger partial charge in [0.1, 0.15) is 5.82 Å². The second-order valence-electron chi connectivity index (χ2n) is 8.88. The minimum atomic E-state index is -2.46. The molecule has 15 heteroatoms. The number of carboxylic acid groups (broad SMARTS) is 1. The van der Waals surface area contributed by atoms with Gasteiger partial charge in [-0.25, -0.2) is 18.8 Å². The van der Waals surface area contributed by atoms with Crippen molar-refractivity contribution in [2.24, 2.45) is 0 Å². The Morgan fingerprint density at radius 1 is 0.689 bits per heavy atom. The Kier molecular flexibility index (Phi) is 11.1. The van der Waals surface area contributed by atoms with Crippen molar-refractivity contribution < 1.29 is 66.7 Å². The van der Waals surface area contributed by atoms with Crippen LogP contribution in [0.4, 0.5) is 10.1 Å². The van der Waals surface area contributed by atoms with Crippen molar-refractivity contribution in [2.75, 3.05) is 19.5 Å². The fourth-order valence-electron chi connectivity index (χ4n) is 3.70. The molecule has 0 aromatic heterocycles. The average molecular weight is 628 g/mol. The molecule has 0 bridgehead atoms. The lowest BCUT2D eigenvalue weighted by Crippen LogP contribution is -2.48. The molecule has 0 heterocycles. The molecule has 1 amide bonds. The largest absolute Gasteiger partial charge is 0.493 e. The number of halogens is 1. The molecule has 3 rings (SSSR count). The van der Waals surface area contributed by atoms with Gasteiger partial charge in [0.2, 0.25) is 12.2 Å². The Bertz CT molecular complexity index is 1640. The first-order valence-electron chi connectivity index (χ1n) is 12.8. The van der Waals surface area contributed by atoms with Crippen LogP contribution in [0.15, 0.2) is 60.7 Å². The highest BCUT2D eigenvalue weighted by Crippen LogP contribution is 2.30. The van der Waals surface area contributed by atoms with E-state index in [1.54, 1.807) is 0 Å². The number of hydrogen-bond donors (Lipinski definition) is 2. The summed E-state index contributed by atoms with van der Waals surface area (Å²) in [7, 11) is 2.43. The average Bonchev–Trinajstić information content (AvgIpc) is 2.99. The number of carbonyl (C=O) groups excluding carboxylic acids is 5. The van der Waals surface area contributed by atoms with Crippen LogP contribution in [0.3, 0.4) is 0 Å². The first-order chi connectivity index (χ1) is 21.3. The summed E-state index contributed by atoms with van der Waals surface area (Å²) < 4.78 is 44.8. The Morgan fingerprint density at radius 3 is 1.58 bits per heavy atom. The standard InChI is InChI=1S/C30H26FNO13/c1-15(33)42-21-11-9-17(13-23(21)40-3)29(38)44-25(27(35)32-20-8-6-5-7-19(20)31)26(28(36)37)45-30(39)18-10-12-22(43-16(2)34)24(14-18)41-4/h5-14,25-26H,1-4H3,(H,32,35)(H,36,37)/t25-,26-/m0/s1. The third-order valence-corrected chi connectivity index (χ3v) is 5.68. The summed E-state index contributed by atoms with van der Waals surface area (Å²) in [6.07, 6.45) is -4.84. The highest BCUT2D eigenvalue weighted by molar-refractivity contribution is 6.01. The predicted molar refractivity (Wildman–Crippen MR) is 150 cm³/mol. The highest BCUT2D eigenvalue weighted by Gasteiger charge is 2.41. The Labute approximate surface area is 254 Å². The maximum atomic E-state index is 14.3. The normalized spacial score (nSPS) is 11.7. The number of anilines is 1. The summed E-state index contributed by atoms with van der Waals surface area (Å²) >= 11 is 0. The lowest BCUT2D eigenvalue weighted by Gasteiger charge is -2.24. The van der Waals surface area contributed by atoms with Crippen molar-refractivity contribution in [3.05, 3.63) is 77.6 Å². The van der Waals surface area contributed by atoms with Crippen molar-refractivity contribution >= 4 is 41.4 Å². The third-order valence-electron chi connectivity index (χ3n) is 5.68. The molecular formula is C30H26FNO13. The maximum absolute atomic E-state index is 14.3. The summed E-state index contributed by atoms with van der Waals surface area (Å²) in [5.74, 6) is -8.39. The number of para-hydroxylation sites is 1. The number of methoxy groups -OCH3 is 2. The van der Waals surface area contributed by atoms with E-state index in [1.807, 2.05) is 0 Å². The molecule has 3 aromatic carbocycles. The summed E-state index contributed by atoms with van der Waals surface area (Å²) in [4.78, 5) is 74.5. The van der Waals surface area contributed by atoms with E-state index in [0.29, 0.717) is 0 Å². The molecule has 3 aromatic rings. The van der Waals surface area contributed by atoms with Crippen molar-refractivity contribution in [3.63, 3.8) is 0 Å².